The topological polar surface area (TPSA) is 47.8 Å². The van der Waals surface area contributed by atoms with Crippen molar-refractivity contribution >= 4 is 5.78 Å². The molecule has 1 aromatic carbocycles. The highest BCUT2D eigenvalue weighted by Crippen LogP contribution is 2.25. The molecule has 1 unspecified atom stereocenters. The SMILES string of the molecule is O=C1CCCC1n1cc(CCc2ccccc2)nn1. The summed E-state index contributed by atoms with van der Waals surface area (Å²) in [5, 5.41) is 8.28. The van der Waals surface area contributed by atoms with Crippen molar-refractivity contribution < 1.29 is 4.79 Å². The van der Waals surface area contributed by atoms with Crippen LogP contribution in [0.4, 0.5) is 0 Å². The first-order chi connectivity index (χ1) is 9.33. The van der Waals surface area contributed by atoms with E-state index in [9.17, 15) is 4.79 Å². The molecule has 0 aliphatic heterocycles. The van der Waals surface area contributed by atoms with Crippen molar-refractivity contribution in [3.05, 3.63) is 47.8 Å². The fourth-order valence-corrected chi connectivity index (χ4v) is 2.57. The fraction of sp³-hybridized carbons (Fsp3) is 0.400. The molecule has 0 spiro atoms. The molecule has 0 saturated heterocycles. The minimum Gasteiger partial charge on any atom is -0.297 e. The van der Waals surface area contributed by atoms with E-state index in [2.05, 4.69) is 22.4 Å². The number of Topliss-reactive ketones (excluding diaryl/α,β-unsaturated/α-hetero) is 1. The Labute approximate surface area is 112 Å². The highest BCUT2D eigenvalue weighted by Gasteiger charge is 2.26. The third-order valence-corrected chi connectivity index (χ3v) is 3.66. The van der Waals surface area contributed by atoms with Gasteiger partial charge in [0, 0.05) is 12.6 Å². The lowest BCUT2D eigenvalue weighted by molar-refractivity contribution is -0.120. The lowest BCUT2D eigenvalue weighted by atomic mass is 10.1. The van der Waals surface area contributed by atoms with E-state index < -0.39 is 0 Å². The molecular formula is C15H17N3O. The lowest BCUT2D eigenvalue weighted by Gasteiger charge is -2.05. The van der Waals surface area contributed by atoms with Crippen LogP contribution < -0.4 is 0 Å². The van der Waals surface area contributed by atoms with Crippen LogP contribution in [0.25, 0.3) is 0 Å². The first-order valence-corrected chi connectivity index (χ1v) is 6.80. The molecule has 1 fully saturated rings. The van der Waals surface area contributed by atoms with Crippen LogP contribution in [0, 0.1) is 0 Å². The summed E-state index contributed by atoms with van der Waals surface area (Å²) in [7, 11) is 0. The number of ketones is 1. The predicted octanol–water partition coefficient (Wildman–Crippen LogP) is 2.36. The Hall–Kier alpha value is -1.97. The summed E-state index contributed by atoms with van der Waals surface area (Å²) >= 11 is 0. The zero-order chi connectivity index (χ0) is 13.1. The average Bonchev–Trinajstić information content (AvgIpc) is 3.06. The van der Waals surface area contributed by atoms with Crippen molar-refractivity contribution in [3.8, 4) is 0 Å². The van der Waals surface area contributed by atoms with E-state index >= 15 is 0 Å². The molecule has 1 aliphatic rings. The number of aromatic nitrogens is 3. The number of carbonyl (C=O) groups is 1. The van der Waals surface area contributed by atoms with Gasteiger partial charge in [-0.1, -0.05) is 35.5 Å². The Morgan fingerprint density at radius 3 is 2.79 bits per heavy atom. The minimum atomic E-state index is -0.0713. The van der Waals surface area contributed by atoms with Crippen LogP contribution >= 0.6 is 0 Å². The van der Waals surface area contributed by atoms with Gasteiger partial charge in [-0.05, 0) is 31.2 Å². The predicted molar refractivity (Wildman–Crippen MR) is 71.8 cm³/mol. The Kier molecular flexibility index (Phi) is 3.40. The van der Waals surface area contributed by atoms with Gasteiger partial charge in [-0.15, -0.1) is 5.10 Å². The van der Waals surface area contributed by atoms with Gasteiger partial charge in [0.15, 0.2) is 5.78 Å². The van der Waals surface area contributed by atoms with E-state index in [1.807, 2.05) is 24.4 Å². The van der Waals surface area contributed by atoms with Gasteiger partial charge in [0.1, 0.15) is 6.04 Å². The molecule has 2 aromatic rings. The second-order valence-electron chi connectivity index (χ2n) is 5.05. The van der Waals surface area contributed by atoms with Gasteiger partial charge in [0.2, 0.25) is 0 Å². The molecule has 0 N–H and O–H groups in total. The van der Waals surface area contributed by atoms with Crippen LogP contribution in [0.3, 0.4) is 0 Å². The second kappa shape index (κ2) is 5.34. The molecule has 19 heavy (non-hydrogen) atoms. The summed E-state index contributed by atoms with van der Waals surface area (Å²) in [6, 6.07) is 10.3. The van der Waals surface area contributed by atoms with Crippen LogP contribution in [0.2, 0.25) is 0 Å². The smallest absolute Gasteiger partial charge is 0.157 e. The van der Waals surface area contributed by atoms with Crippen LogP contribution in [0.5, 0.6) is 0 Å². The van der Waals surface area contributed by atoms with E-state index in [0.717, 1.165) is 31.4 Å². The van der Waals surface area contributed by atoms with Crippen molar-refractivity contribution in [1.29, 1.82) is 0 Å². The van der Waals surface area contributed by atoms with E-state index in [1.54, 1.807) is 4.68 Å². The molecule has 1 aromatic heterocycles. The summed E-state index contributed by atoms with van der Waals surface area (Å²) in [5.74, 6) is 0.291. The fourth-order valence-electron chi connectivity index (χ4n) is 2.57. The maximum Gasteiger partial charge on any atom is 0.157 e. The largest absolute Gasteiger partial charge is 0.297 e. The molecule has 0 amide bonds. The van der Waals surface area contributed by atoms with Gasteiger partial charge in [0.25, 0.3) is 0 Å². The summed E-state index contributed by atoms with van der Waals surface area (Å²) < 4.78 is 1.75. The molecule has 98 valence electrons. The van der Waals surface area contributed by atoms with Crippen molar-refractivity contribution in [2.75, 3.05) is 0 Å². The summed E-state index contributed by atoms with van der Waals surface area (Å²) in [5.41, 5.74) is 2.26. The van der Waals surface area contributed by atoms with Crippen molar-refractivity contribution in [2.45, 2.75) is 38.1 Å². The van der Waals surface area contributed by atoms with Gasteiger partial charge in [-0.2, -0.15) is 0 Å². The lowest BCUT2D eigenvalue weighted by Crippen LogP contribution is -2.13. The molecule has 0 radical (unpaired) electrons. The van der Waals surface area contributed by atoms with Gasteiger partial charge in [-0.25, -0.2) is 4.68 Å². The van der Waals surface area contributed by atoms with Crippen molar-refractivity contribution in [3.63, 3.8) is 0 Å². The molecule has 1 atom stereocenters. The number of carbonyl (C=O) groups excluding carboxylic acids is 1. The van der Waals surface area contributed by atoms with Gasteiger partial charge >= 0.3 is 0 Å². The standard InChI is InChI=1S/C15H17N3O/c19-15-8-4-7-14(15)18-11-13(16-17-18)10-9-12-5-2-1-3-6-12/h1-3,5-6,11,14H,4,7-10H2. The molecule has 0 bridgehead atoms. The van der Waals surface area contributed by atoms with Gasteiger partial charge in [0.05, 0.1) is 5.69 Å². The molecule has 1 saturated carbocycles. The number of hydrogen-bond acceptors (Lipinski definition) is 3. The molecule has 1 heterocycles. The number of aryl methyl sites for hydroxylation is 2. The highest BCUT2D eigenvalue weighted by atomic mass is 16.1. The molecule has 1 aliphatic carbocycles. The number of nitrogens with zero attached hydrogens (tertiary/aromatic N) is 3. The minimum absolute atomic E-state index is 0.0713. The van der Waals surface area contributed by atoms with E-state index in [4.69, 9.17) is 0 Å². The second-order valence-corrected chi connectivity index (χ2v) is 5.05. The van der Waals surface area contributed by atoms with Crippen LogP contribution in [0.15, 0.2) is 36.5 Å². The van der Waals surface area contributed by atoms with Gasteiger partial charge < -0.3 is 0 Å². The van der Waals surface area contributed by atoms with E-state index in [1.165, 1.54) is 5.56 Å². The zero-order valence-electron chi connectivity index (χ0n) is 10.8. The maximum absolute atomic E-state index is 11.7. The number of rotatable bonds is 4. The summed E-state index contributed by atoms with van der Waals surface area (Å²) in [6.45, 7) is 0. The van der Waals surface area contributed by atoms with Gasteiger partial charge in [-0.3, -0.25) is 4.79 Å². The van der Waals surface area contributed by atoms with Crippen LogP contribution in [0.1, 0.15) is 36.6 Å². The molecule has 4 heteroatoms. The van der Waals surface area contributed by atoms with E-state index in [-0.39, 0.29) is 6.04 Å². The number of benzene rings is 1. The molecular weight excluding hydrogens is 238 g/mol. The molecule has 3 rings (SSSR count). The van der Waals surface area contributed by atoms with Crippen LogP contribution in [-0.4, -0.2) is 20.8 Å². The Bertz CT molecular complexity index is 562. The number of hydrogen-bond donors (Lipinski definition) is 0. The monoisotopic (exact) mass is 255 g/mol. The first kappa shape index (κ1) is 12.1. The Morgan fingerprint density at radius 2 is 2.05 bits per heavy atom. The Morgan fingerprint density at radius 1 is 1.21 bits per heavy atom. The maximum atomic E-state index is 11.7. The summed E-state index contributed by atoms with van der Waals surface area (Å²) in [6.07, 6.45) is 6.31. The van der Waals surface area contributed by atoms with E-state index in [0.29, 0.717) is 12.2 Å². The third-order valence-electron chi connectivity index (χ3n) is 3.66. The highest BCUT2D eigenvalue weighted by molar-refractivity contribution is 5.84. The zero-order valence-corrected chi connectivity index (χ0v) is 10.8. The summed E-state index contributed by atoms with van der Waals surface area (Å²) in [4.78, 5) is 11.7. The first-order valence-electron chi connectivity index (χ1n) is 6.80. The van der Waals surface area contributed by atoms with Crippen molar-refractivity contribution in [2.24, 2.45) is 0 Å². The van der Waals surface area contributed by atoms with Crippen molar-refractivity contribution in [1.82, 2.24) is 15.0 Å². The normalized spacial score (nSPS) is 18.9. The molecule has 4 nitrogen and oxygen atoms in total. The quantitative estimate of drug-likeness (QED) is 0.842. The Balaban J connectivity index is 1.64. The van der Waals surface area contributed by atoms with Crippen LogP contribution in [-0.2, 0) is 17.6 Å². The third kappa shape index (κ3) is 2.72. The average molecular weight is 255 g/mol.